The van der Waals surface area contributed by atoms with Crippen molar-refractivity contribution < 1.29 is 9.59 Å². The largest absolute Gasteiger partial charge is 0.302 e. The number of amides is 1. The molecule has 0 spiro atoms. The number of unbranched alkanes of at least 4 members (excludes halogenated alkanes) is 2. The summed E-state index contributed by atoms with van der Waals surface area (Å²) in [6.07, 6.45) is 5.06. The van der Waals surface area contributed by atoms with E-state index in [1.54, 1.807) is 0 Å². The van der Waals surface area contributed by atoms with Crippen molar-refractivity contribution in [1.29, 1.82) is 0 Å². The molecule has 0 saturated carbocycles. The topological polar surface area (TPSA) is 59.1 Å². The van der Waals surface area contributed by atoms with E-state index in [9.17, 15) is 9.59 Å². The maximum Gasteiger partial charge on any atom is 0.226 e. The standard InChI is InChI=1S/C11H16N2O2S/c1-3-4-5-6-10(15)13-11-12-7-9(16-11)8(2)14/h7H,3-6H2,1-2H3,(H,12,13,15). The summed E-state index contributed by atoms with van der Waals surface area (Å²) in [5, 5.41) is 3.20. The Kier molecular flexibility index (Phi) is 5.11. The Hall–Kier alpha value is -1.23. The lowest BCUT2D eigenvalue weighted by Crippen LogP contribution is -2.10. The number of rotatable bonds is 6. The summed E-state index contributed by atoms with van der Waals surface area (Å²) in [7, 11) is 0. The molecular weight excluding hydrogens is 224 g/mol. The van der Waals surface area contributed by atoms with Gasteiger partial charge in [-0.2, -0.15) is 0 Å². The molecule has 0 atom stereocenters. The van der Waals surface area contributed by atoms with Crippen LogP contribution in [0.4, 0.5) is 5.13 Å². The van der Waals surface area contributed by atoms with Gasteiger partial charge >= 0.3 is 0 Å². The molecule has 1 amide bonds. The second-order valence-electron chi connectivity index (χ2n) is 3.59. The molecule has 1 rings (SSSR count). The maximum atomic E-state index is 11.4. The van der Waals surface area contributed by atoms with Crippen molar-refractivity contribution in [2.45, 2.75) is 39.5 Å². The lowest BCUT2D eigenvalue weighted by atomic mass is 10.2. The Morgan fingerprint density at radius 3 is 2.75 bits per heavy atom. The zero-order valence-corrected chi connectivity index (χ0v) is 10.4. The highest BCUT2D eigenvalue weighted by Gasteiger charge is 2.08. The fourth-order valence-corrected chi connectivity index (χ4v) is 1.94. The molecule has 5 heteroatoms. The average molecular weight is 240 g/mol. The molecule has 0 fully saturated rings. The van der Waals surface area contributed by atoms with Gasteiger partial charge in [0.25, 0.3) is 0 Å². The predicted molar refractivity (Wildman–Crippen MR) is 64.9 cm³/mol. The van der Waals surface area contributed by atoms with Crippen molar-refractivity contribution >= 4 is 28.2 Å². The Morgan fingerprint density at radius 2 is 2.19 bits per heavy atom. The van der Waals surface area contributed by atoms with Crippen LogP contribution in [-0.2, 0) is 4.79 Å². The van der Waals surface area contributed by atoms with E-state index in [-0.39, 0.29) is 11.7 Å². The van der Waals surface area contributed by atoms with E-state index in [0.29, 0.717) is 16.4 Å². The number of nitrogens with zero attached hydrogens (tertiary/aromatic N) is 1. The number of nitrogens with one attached hydrogen (secondary N) is 1. The van der Waals surface area contributed by atoms with E-state index >= 15 is 0 Å². The maximum absolute atomic E-state index is 11.4. The third-order valence-corrected chi connectivity index (χ3v) is 3.12. The average Bonchev–Trinajstić information content (AvgIpc) is 2.66. The first kappa shape index (κ1) is 12.8. The predicted octanol–water partition coefficient (Wildman–Crippen LogP) is 2.86. The van der Waals surface area contributed by atoms with Crippen LogP contribution in [0.25, 0.3) is 0 Å². The third kappa shape index (κ3) is 4.10. The van der Waals surface area contributed by atoms with Gasteiger partial charge in [-0.3, -0.25) is 9.59 Å². The zero-order valence-electron chi connectivity index (χ0n) is 9.58. The number of carbonyl (C=O) groups excluding carboxylic acids is 2. The molecule has 0 bridgehead atoms. The molecule has 0 aliphatic carbocycles. The molecule has 0 saturated heterocycles. The van der Waals surface area contributed by atoms with Crippen molar-refractivity contribution in [2.75, 3.05) is 5.32 Å². The smallest absolute Gasteiger partial charge is 0.226 e. The fraction of sp³-hybridized carbons (Fsp3) is 0.545. The van der Waals surface area contributed by atoms with E-state index in [4.69, 9.17) is 0 Å². The lowest BCUT2D eigenvalue weighted by Gasteiger charge is -2.00. The first-order chi connectivity index (χ1) is 7.63. The van der Waals surface area contributed by atoms with E-state index in [2.05, 4.69) is 17.2 Å². The monoisotopic (exact) mass is 240 g/mol. The molecule has 1 aromatic rings. The van der Waals surface area contributed by atoms with Crippen LogP contribution < -0.4 is 5.32 Å². The molecule has 16 heavy (non-hydrogen) atoms. The summed E-state index contributed by atoms with van der Waals surface area (Å²) in [4.78, 5) is 27.0. The van der Waals surface area contributed by atoms with E-state index in [0.717, 1.165) is 19.3 Å². The summed E-state index contributed by atoms with van der Waals surface area (Å²) in [5.74, 6) is -0.0538. The van der Waals surface area contributed by atoms with Crippen LogP contribution >= 0.6 is 11.3 Å². The van der Waals surface area contributed by atoms with Gasteiger partial charge in [0.2, 0.25) is 5.91 Å². The van der Waals surface area contributed by atoms with Gasteiger partial charge in [0, 0.05) is 13.3 Å². The van der Waals surface area contributed by atoms with Crippen molar-refractivity contribution in [3.63, 3.8) is 0 Å². The number of aromatic nitrogens is 1. The Bertz CT molecular complexity index is 374. The number of hydrogen-bond acceptors (Lipinski definition) is 4. The Balaban J connectivity index is 2.40. The quantitative estimate of drug-likeness (QED) is 0.614. The minimum atomic E-state index is -0.0297. The molecule has 88 valence electrons. The SMILES string of the molecule is CCCCCC(=O)Nc1ncc(C(C)=O)s1. The molecule has 1 N–H and O–H groups in total. The minimum Gasteiger partial charge on any atom is -0.302 e. The highest BCUT2D eigenvalue weighted by Crippen LogP contribution is 2.18. The van der Waals surface area contributed by atoms with Gasteiger partial charge in [-0.05, 0) is 6.42 Å². The number of ketones is 1. The number of hydrogen-bond donors (Lipinski definition) is 1. The van der Waals surface area contributed by atoms with Crippen molar-refractivity contribution in [1.82, 2.24) is 4.98 Å². The molecular formula is C11H16N2O2S. The first-order valence-corrected chi connectivity index (χ1v) is 6.21. The van der Waals surface area contributed by atoms with Crippen molar-refractivity contribution in [2.24, 2.45) is 0 Å². The summed E-state index contributed by atoms with van der Waals surface area (Å²) in [6.45, 7) is 3.58. The normalized spacial score (nSPS) is 10.1. The second-order valence-corrected chi connectivity index (χ2v) is 4.62. The molecule has 1 heterocycles. The van der Waals surface area contributed by atoms with Crippen LogP contribution in [-0.4, -0.2) is 16.7 Å². The highest BCUT2D eigenvalue weighted by atomic mass is 32.1. The molecule has 0 aromatic carbocycles. The van der Waals surface area contributed by atoms with Crippen LogP contribution in [0.5, 0.6) is 0 Å². The van der Waals surface area contributed by atoms with E-state index < -0.39 is 0 Å². The lowest BCUT2D eigenvalue weighted by molar-refractivity contribution is -0.116. The van der Waals surface area contributed by atoms with Gasteiger partial charge in [0.05, 0.1) is 11.1 Å². The van der Waals surface area contributed by atoms with Crippen molar-refractivity contribution in [3.05, 3.63) is 11.1 Å². The third-order valence-electron chi connectivity index (χ3n) is 2.11. The van der Waals surface area contributed by atoms with Crippen LogP contribution in [0.1, 0.15) is 49.2 Å². The summed E-state index contributed by atoms with van der Waals surface area (Å²) >= 11 is 1.22. The molecule has 1 aromatic heterocycles. The summed E-state index contributed by atoms with van der Waals surface area (Å²) < 4.78 is 0. The van der Waals surface area contributed by atoms with Crippen LogP contribution in [0, 0.1) is 0 Å². The van der Waals surface area contributed by atoms with Gasteiger partial charge in [0.15, 0.2) is 10.9 Å². The van der Waals surface area contributed by atoms with Gasteiger partial charge in [0.1, 0.15) is 0 Å². The molecule has 0 aliphatic heterocycles. The number of Topliss-reactive ketones (excluding diaryl/α,β-unsaturated/α-hetero) is 1. The van der Waals surface area contributed by atoms with Crippen LogP contribution in [0.15, 0.2) is 6.20 Å². The number of carbonyl (C=O) groups is 2. The van der Waals surface area contributed by atoms with Gasteiger partial charge in [-0.1, -0.05) is 31.1 Å². The molecule has 0 unspecified atom stereocenters. The van der Waals surface area contributed by atoms with Crippen molar-refractivity contribution in [3.8, 4) is 0 Å². The highest BCUT2D eigenvalue weighted by molar-refractivity contribution is 7.17. The Labute approximate surface area is 99.1 Å². The summed E-state index contributed by atoms with van der Waals surface area (Å²) in [6, 6.07) is 0. The number of thiazole rings is 1. The molecule has 0 radical (unpaired) electrons. The zero-order chi connectivity index (χ0) is 12.0. The second kappa shape index (κ2) is 6.37. The van der Waals surface area contributed by atoms with Gasteiger partial charge in [-0.25, -0.2) is 4.98 Å². The number of anilines is 1. The minimum absolute atomic E-state index is 0.0241. The molecule has 0 aliphatic rings. The van der Waals surface area contributed by atoms with Gasteiger partial charge < -0.3 is 5.32 Å². The van der Waals surface area contributed by atoms with Crippen LogP contribution in [0.3, 0.4) is 0 Å². The molecule has 4 nitrogen and oxygen atoms in total. The summed E-state index contributed by atoms with van der Waals surface area (Å²) in [5.41, 5.74) is 0. The van der Waals surface area contributed by atoms with Gasteiger partial charge in [-0.15, -0.1) is 0 Å². The van der Waals surface area contributed by atoms with E-state index in [1.807, 2.05) is 0 Å². The van der Waals surface area contributed by atoms with Crippen LogP contribution in [0.2, 0.25) is 0 Å². The fourth-order valence-electron chi connectivity index (χ4n) is 1.21. The first-order valence-electron chi connectivity index (χ1n) is 5.40. The van der Waals surface area contributed by atoms with E-state index in [1.165, 1.54) is 24.5 Å². The Morgan fingerprint density at radius 1 is 1.44 bits per heavy atom.